The van der Waals surface area contributed by atoms with Gasteiger partial charge in [0.2, 0.25) is 23.6 Å². The third-order valence-corrected chi connectivity index (χ3v) is 9.48. The third-order valence-electron chi connectivity index (χ3n) is 9.48. The summed E-state index contributed by atoms with van der Waals surface area (Å²) in [6.07, 6.45) is 3.28. The lowest BCUT2D eigenvalue weighted by molar-refractivity contribution is -0.138. The molecule has 2 heterocycles. The average Bonchev–Trinajstić information content (AvgIpc) is 3.09. The van der Waals surface area contributed by atoms with E-state index in [1.54, 1.807) is 36.1 Å². The molecule has 0 aromatic heterocycles. The summed E-state index contributed by atoms with van der Waals surface area (Å²) in [6, 6.07) is 20.5. The zero-order valence-corrected chi connectivity index (χ0v) is 27.9. The van der Waals surface area contributed by atoms with E-state index in [9.17, 15) is 19.2 Å². The van der Waals surface area contributed by atoms with Crippen LogP contribution in [-0.2, 0) is 32.1 Å². The first-order valence-electron chi connectivity index (χ1n) is 16.9. The fraction of sp³-hybridized carbons (Fsp3) is 0.421. The van der Waals surface area contributed by atoms with E-state index in [1.165, 1.54) is 0 Å². The van der Waals surface area contributed by atoms with Gasteiger partial charge >= 0.3 is 0 Å². The molecule has 3 aromatic rings. The Balaban J connectivity index is 1.41. The number of anilines is 1. The molecule has 4 bridgehead atoms. The molecule has 3 aromatic carbocycles. The number of piperidine rings is 1. The van der Waals surface area contributed by atoms with Gasteiger partial charge in [-0.05, 0) is 98.4 Å². The molecule has 10 heteroatoms. The molecule has 10 nitrogen and oxygen atoms in total. The summed E-state index contributed by atoms with van der Waals surface area (Å²) in [4.78, 5) is 56.7. The molecule has 0 spiro atoms. The summed E-state index contributed by atoms with van der Waals surface area (Å²) in [5.41, 5.74) is 10.1. The standard InChI is InChI=1S/C38H47N5O5/c1-25-10-16-32-21-30(25)23-40-37(46)33(17-11-27-7-4-3-5-8-27)41-38(47)34(42-36(45)26(2)29-12-14-31(39)15-13-29)22-35(44)43-19-6-9-28(24-43)18-20-48-32/h3-5,7-8,10,12-16,21,26,28,33-34H,6,9,11,17-20,22-24,39H2,1-2H3,(H,40,46)(H,41,47)(H,42,45)/t26-,28?,33+,34+/m1/s1. The van der Waals surface area contributed by atoms with E-state index in [-0.39, 0.29) is 30.7 Å². The van der Waals surface area contributed by atoms with E-state index in [1.807, 2.05) is 55.5 Å². The highest BCUT2D eigenvalue weighted by Gasteiger charge is 2.33. The van der Waals surface area contributed by atoms with Crippen molar-refractivity contribution >= 4 is 29.3 Å². The second-order valence-electron chi connectivity index (χ2n) is 13.0. The molecule has 1 fully saturated rings. The Labute approximate surface area is 282 Å². The first kappa shape index (κ1) is 34.5. The van der Waals surface area contributed by atoms with Crippen molar-refractivity contribution < 1.29 is 23.9 Å². The topological polar surface area (TPSA) is 143 Å². The number of hydrogen-bond donors (Lipinski definition) is 4. The number of nitrogen functional groups attached to an aromatic ring is 1. The number of nitrogens with one attached hydrogen (secondary N) is 3. The molecule has 1 saturated heterocycles. The van der Waals surface area contributed by atoms with E-state index >= 15 is 0 Å². The Bertz CT molecular complexity index is 1580. The molecular weight excluding hydrogens is 606 g/mol. The van der Waals surface area contributed by atoms with Crippen molar-refractivity contribution in [3.8, 4) is 5.75 Å². The van der Waals surface area contributed by atoms with Gasteiger partial charge in [-0.2, -0.15) is 0 Å². The number of amides is 4. The molecule has 254 valence electrons. The quantitative estimate of drug-likeness (QED) is 0.296. The van der Waals surface area contributed by atoms with Gasteiger partial charge in [0, 0.05) is 25.3 Å². The summed E-state index contributed by atoms with van der Waals surface area (Å²) in [6.45, 7) is 5.64. The van der Waals surface area contributed by atoms with Crippen LogP contribution in [0.15, 0.2) is 72.8 Å². The predicted molar refractivity (Wildman–Crippen MR) is 185 cm³/mol. The highest BCUT2D eigenvalue weighted by Crippen LogP contribution is 2.24. The summed E-state index contributed by atoms with van der Waals surface area (Å²) in [5, 5.41) is 8.75. The van der Waals surface area contributed by atoms with Gasteiger partial charge in [0.25, 0.3) is 0 Å². The molecule has 1 unspecified atom stereocenters. The van der Waals surface area contributed by atoms with Gasteiger partial charge in [-0.15, -0.1) is 0 Å². The van der Waals surface area contributed by atoms with E-state index in [0.717, 1.165) is 47.3 Å². The Kier molecular flexibility index (Phi) is 11.7. The Hall–Kier alpha value is -4.86. The molecule has 0 saturated carbocycles. The van der Waals surface area contributed by atoms with E-state index in [0.29, 0.717) is 38.2 Å². The zero-order chi connectivity index (χ0) is 34.0. The Morgan fingerprint density at radius 1 is 1.02 bits per heavy atom. The van der Waals surface area contributed by atoms with Crippen LogP contribution in [0.5, 0.6) is 5.75 Å². The second kappa shape index (κ2) is 16.3. The van der Waals surface area contributed by atoms with Crippen LogP contribution in [0.1, 0.15) is 67.2 Å². The van der Waals surface area contributed by atoms with Crippen LogP contribution < -0.4 is 26.4 Å². The zero-order valence-electron chi connectivity index (χ0n) is 27.9. The summed E-state index contributed by atoms with van der Waals surface area (Å²) >= 11 is 0. The maximum absolute atomic E-state index is 14.0. The molecule has 2 aliphatic rings. The van der Waals surface area contributed by atoms with Crippen molar-refractivity contribution in [2.45, 2.75) is 76.9 Å². The highest BCUT2D eigenvalue weighted by molar-refractivity contribution is 5.96. The number of benzene rings is 3. The minimum Gasteiger partial charge on any atom is -0.494 e. The summed E-state index contributed by atoms with van der Waals surface area (Å²) in [5.74, 6) is -1.14. The van der Waals surface area contributed by atoms with Gasteiger partial charge in [0.1, 0.15) is 17.8 Å². The first-order chi connectivity index (χ1) is 23.2. The number of nitrogens with two attached hydrogens (primary N) is 1. The van der Waals surface area contributed by atoms with Gasteiger partial charge in [-0.1, -0.05) is 48.5 Å². The molecule has 0 aliphatic carbocycles. The molecule has 5 rings (SSSR count). The molecule has 5 N–H and O–H groups in total. The van der Waals surface area contributed by atoms with Crippen LogP contribution >= 0.6 is 0 Å². The number of rotatable bonds is 6. The average molecular weight is 654 g/mol. The van der Waals surface area contributed by atoms with E-state index in [4.69, 9.17) is 10.5 Å². The smallest absolute Gasteiger partial charge is 0.243 e. The molecule has 2 aliphatic heterocycles. The summed E-state index contributed by atoms with van der Waals surface area (Å²) < 4.78 is 6.11. The lowest BCUT2D eigenvalue weighted by atomic mass is 9.94. The molecule has 4 atom stereocenters. The highest BCUT2D eigenvalue weighted by atomic mass is 16.5. The number of nitrogens with zero attached hydrogens (tertiary/aromatic N) is 1. The molecular formula is C38H47N5O5. The maximum atomic E-state index is 14.0. The van der Waals surface area contributed by atoms with Gasteiger partial charge < -0.3 is 31.3 Å². The minimum atomic E-state index is -1.17. The number of carbonyl (C=O) groups is 4. The van der Waals surface area contributed by atoms with Gasteiger partial charge in [-0.3, -0.25) is 19.2 Å². The SMILES string of the molecule is Cc1ccc2cc1CNC(=O)[C@H](CCc1ccccc1)NC(=O)[C@@H](NC(=O)[C@H](C)c1ccc(N)cc1)CC(=O)N1CCCC(CCO2)C1. The van der Waals surface area contributed by atoms with Crippen LogP contribution in [0, 0.1) is 12.8 Å². The van der Waals surface area contributed by atoms with Crippen molar-refractivity contribution in [1.29, 1.82) is 0 Å². The monoisotopic (exact) mass is 653 g/mol. The Morgan fingerprint density at radius 2 is 1.79 bits per heavy atom. The van der Waals surface area contributed by atoms with Gasteiger partial charge in [0.15, 0.2) is 0 Å². The normalized spacial score (nSPS) is 21.5. The number of hydrogen-bond acceptors (Lipinski definition) is 6. The van der Waals surface area contributed by atoms with Crippen LogP contribution in [0.4, 0.5) is 5.69 Å². The van der Waals surface area contributed by atoms with Crippen LogP contribution in [-0.4, -0.2) is 60.3 Å². The largest absolute Gasteiger partial charge is 0.494 e. The van der Waals surface area contributed by atoms with Crippen molar-refractivity contribution in [3.63, 3.8) is 0 Å². The van der Waals surface area contributed by atoms with Crippen molar-refractivity contribution in [2.75, 3.05) is 25.4 Å². The number of ether oxygens (including phenoxy) is 1. The number of carbonyl (C=O) groups excluding carboxylic acids is 4. The van der Waals surface area contributed by atoms with Crippen molar-refractivity contribution in [1.82, 2.24) is 20.9 Å². The van der Waals surface area contributed by atoms with Crippen LogP contribution in [0.3, 0.4) is 0 Å². The molecule has 4 amide bonds. The van der Waals surface area contributed by atoms with Gasteiger partial charge in [0.05, 0.1) is 18.9 Å². The number of aryl methyl sites for hydroxylation is 2. The second-order valence-corrected chi connectivity index (χ2v) is 13.0. The lowest BCUT2D eigenvalue weighted by Gasteiger charge is -2.34. The minimum absolute atomic E-state index is 0.212. The van der Waals surface area contributed by atoms with Crippen molar-refractivity contribution in [2.24, 2.45) is 5.92 Å². The lowest BCUT2D eigenvalue weighted by Crippen LogP contribution is -2.55. The maximum Gasteiger partial charge on any atom is 0.243 e. The predicted octanol–water partition coefficient (Wildman–Crippen LogP) is 4.01. The number of fused-ring (bicyclic) bond motifs is 4. The van der Waals surface area contributed by atoms with Crippen LogP contribution in [0.25, 0.3) is 0 Å². The fourth-order valence-corrected chi connectivity index (χ4v) is 6.35. The van der Waals surface area contributed by atoms with E-state index in [2.05, 4.69) is 16.0 Å². The Morgan fingerprint density at radius 3 is 2.56 bits per heavy atom. The fourth-order valence-electron chi connectivity index (χ4n) is 6.35. The molecule has 0 radical (unpaired) electrons. The molecule has 48 heavy (non-hydrogen) atoms. The summed E-state index contributed by atoms with van der Waals surface area (Å²) in [7, 11) is 0. The van der Waals surface area contributed by atoms with Crippen LogP contribution in [0.2, 0.25) is 0 Å². The first-order valence-corrected chi connectivity index (χ1v) is 16.9. The van der Waals surface area contributed by atoms with E-state index < -0.39 is 29.8 Å². The van der Waals surface area contributed by atoms with Crippen molar-refractivity contribution in [3.05, 3.63) is 95.1 Å². The third kappa shape index (κ3) is 9.36. The van der Waals surface area contributed by atoms with Gasteiger partial charge in [-0.25, -0.2) is 0 Å².